The lowest BCUT2D eigenvalue weighted by Crippen LogP contribution is -2.49. The van der Waals surface area contributed by atoms with E-state index in [0.29, 0.717) is 12.2 Å². The van der Waals surface area contributed by atoms with Crippen molar-refractivity contribution in [2.24, 2.45) is 10.4 Å². The zero-order valence-electron chi connectivity index (χ0n) is 19.2. The van der Waals surface area contributed by atoms with Crippen LogP contribution in [-0.4, -0.2) is 66.5 Å². The first-order valence-corrected chi connectivity index (χ1v) is 11.0. The van der Waals surface area contributed by atoms with E-state index in [4.69, 9.17) is 14.5 Å². The lowest BCUT2D eigenvalue weighted by Gasteiger charge is -2.37. The van der Waals surface area contributed by atoms with Crippen molar-refractivity contribution < 1.29 is 19.4 Å². The summed E-state index contributed by atoms with van der Waals surface area (Å²) in [6.45, 7) is 9.79. The Labute approximate surface area is 189 Å². The minimum atomic E-state index is -0.745. The number of ether oxygens (including phenoxy) is 2. The average Bonchev–Trinajstić information content (AvgIpc) is 2.94. The molecule has 0 aliphatic carbocycles. The van der Waals surface area contributed by atoms with Gasteiger partial charge in [-0.05, 0) is 58.0 Å². The third-order valence-corrected chi connectivity index (χ3v) is 6.29. The predicted molar refractivity (Wildman–Crippen MR) is 124 cm³/mol. The van der Waals surface area contributed by atoms with E-state index in [9.17, 15) is 9.90 Å². The molecule has 7 heteroatoms. The summed E-state index contributed by atoms with van der Waals surface area (Å²) >= 11 is 0. The molecule has 2 aromatic carbocycles. The molecule has 7 nitrogen and oxygen atoms in total. The van der Waals surface area contributed by atoms with Crippen LogP contribution >= 0.6 is 0 Å². The van der Waals surface area contributed by atoms with Crippen molar-refractivity contribution in [3.05, 3.63) is 47.5 Å². The summed E-state index contributed by atoms with van der Waals surface area (Å²) in [5.41, 5.74) is 2.18. The number of amidine groups is 1. The number of piperazine rings is 1. The number of rotatable bonds is 5. The molecule has 1 N–H and O–H groups in total. The summed E-state index contributed by atoms with van der Waals surface area (Å²) in [6, 6.07) is 11.9. The molecule has 0 amide bonds. The van der Waals surface area contributed by atoms with Crippen LogP contribution in [0.5, 0.6) is 17.2 Å². The van der Waals surface area contributed by atoms with Gasteiger partial charge in [-0.15, -0.1) is 0 Å². The molecule has 0 saturated carbocycles. The Kier molecular flexibility index (Phi) is 6.11. The summed E-state index contributed by atoms with van der Waals surface area (Å²) in [6.07, 6.45) is 0.631. The molecule has 0 radical (unpaired) electrons. The highest BCUT2D eigenvalue weighted by Crippen LogP contribution is 2.40. The summed E-state index contributed by atoms with van der Waals surface area (Å²) in [7, 11) is 1.65. The predicted octanol–water partition coefficient (Wildman–Crippen LogP) is 4.31. The third-order valence-electron chi connectivity index (χ3n) is 6.29. The Morgan fingerprint density at radius 3 is 2.53 bits per heavy atom. The molecule has 0 atom stereocenters. The molecule has 4 rings (SSSR count). The van der Waals surface area contributed by atoms with Gasteiger partial charge in [0.1, 0.15) is 23.0 Å². The molecule has 2 heterocycles. The largest absolute Gasteiger partial charge is 0.497 e. The van der Waals surface area contributed by atoms with Gasteiger partial charge in [-0.1, -0.05) is 11.6 Å². The number of carboxylic acids is 1. The van der Waals surface area contributed by atoms with Gasteiger partial charge in [-0.2, -0.15) is 0 Å². The first-order valence-electron chi connectivity index (χ1n) is 11.0. The smallest absolute Gasteiger partial charge is 0.309 e. The first kappa shape index (κ1) is 22.1. The van der Waals surface area contributed by atoms with Crippen LogP contribution in [0.2, 0.25) is 0 Å². The molecule has 170 valence electrons. The molecule has 2 aliphatic heterocycles. The summed E-state index contributed by atoms with van der Waals surface area (Å²) in [4.78, 5) is 21.1. The van der Waals surface area contributed by atoms with Gasteiger partial charge in [0.15, 0.2) is 5.75 Å². The molecule has 2 aliphatic rings. The van der Waals surface area contributed by atoms with Crippen LogP contribution in [0.25, 0.3) is 0 Å². The second kappa shape index (κ2) is 8.82. The van der Waals surface area contributed by atoms with Crippen LogP contribution in [0.1, 0.15) is 31.4 Å². The molecular weight excluding hydrogens is 406 g/mol. The zero-order chi connectivity index (χ0) is 22.9. The molecule has 2 aromatic rings. The number of nitrogens with zero attached hydrogens (tertiary/aromatic N) is 3. The van der Waals surface area contributed by atoms with Gasteiger partial charge < -0.3 is 19.5 Å². The maximum atomic E-state index is 11.4. The van der Waals surface area contributed by atoms with Crippen LogP contribution in [0.4, 0.5) is 5.69 Å². The maximum absolute atomic E-state index is 11.4. The highest BCUT2D eigenvalue weighted by Gasteiger charge is 2.30. The number of aliphatic carboxylic acids is 1. The van der Waals surface area contributed by atoms with E-state index in [-0.39, 0.29) is 0 Å². The number of hydrogen-bond donors (Lipinski definition) is 1. The fourth-order valence-corrected chi connectivity index (χ4v) is 3.97. The fourth-order valence-electron chi connectivity index (χ4n) is 3.97. The molecular formula is C25H31N3O4. The van der Waals surface area contributed by atoms with Gasteiger partial charge in [0, 0.05) is 32.2 Å². The SMILES string of the molecule is COc1ccc2c(c1)N=C(N1CCN(CCC(C)(C)C(=O)O)CC1)c1cc(C)ccc1O2. The molecule has 32 heavy (non-hydrogen) atoms. The molecule has 0 unspecified atom stereocenters. The second-order valence-electron chi connectivity index (χ2n) is 9.14. The van der Waals surface area contributed by atoms with Crippen molar-refractivity contribution in [1.29, 1.82) is 0 Å². The molecule has 0 spiro atoms. The highest BCUT2D eigenvalue weighted by molar-refractivity contribution is 6.04. The third kappa shape index (κ3) is 4.58. The maximum Gasteiger partial charge on any atom is 0.309 e. The zero-order valence-corrected chi connectivity index (χ0v) is 19.2. The molecule has 0 aromatic heterocycles. The van der Waals surface area contributed by atoms with Crippen LogP contribution in [0, 0.1) is 12.3 Å². The number of carboxylic acid groups (broad SMARTS) is 1. The Morgan fingerprint density at radius 2 is 1.84 bits per heavy atom. The monoisotopic (exact) mass is 437 g/mol. The quantitative estimate of drug-likeness (QED) is 0.752. The van der Waals surface area contributed by atoms with Gasteiger partial charge in [-0.25, -0.2) is 4.99 Å². The second-order valence-corrected chi connectivity index (χ2v) is 9.14. The minimum absolute atomic E-state index is 0.631. The van der Waals surface area contributed by atoms with E-state index >= 15 is 0 Å². The van der Waals surface area contributed by atoms with Crippen molar-refractivity contribution in [1.82, 2.24) is 9.80 Å². The van der Waals surface area contributed by atoms with Crippen molar-refractivity contribution >= 4 is 17.5 Å². The molecule has 1 fully saturated rings. The van der Waals surface area contributed by atoms with E-state index in [1.807, 2.05) is 30.3 Å². The van der Waals surface area contributed by atoms with Crippen molar-refractivity contribution in [3.8, 4) is 17.2 Å². The van der Waals surface area contributed by atoms with Crippen molar-refractivity contribution in [2.75, 3.05) is 39.8 Å². The van der Waals surface area contributed by atoms with Crippen LogP contribution < -0.4 is 9.47 Å². The summed E-state index contributed by atoms with van der Waals surface area (Å²) in [5, 5.41) is 9.38. The Hall–Kier alpha value is -3.06. The van der Waals surface area contributed by atoms with E-state index in [2.05, 4.69) is 22.8 Å². The lowest BCUT2D eigenvalue weighted by molar-refractivity contribution is -0.147. The van der Waals surface area contributed by atoms with E-state index < -0.39 is 11.4 Å². The topological polar surface area (TPSA) is 74.6 Å². The van der Waals surface area contributed by atoms with Crippen LogP contribution in [-0.2, 0) is 4.79 Å². The van der Waals surface area contributed by atoms with Gasteiger partial charge in [0.05, 0.1) is 18.1 Å². The number of benzene rings is 2. The Balaban J connectivity index is 1.57. The number of carbonyl (C=O) groups is 1. The fraction of sp³-hybridized carbons (Fsp3) is 0.440. The minimum Gasteiger partial charge on any atom is -0.497 e. The summed E-state index contributed by atoms with van der Waals surface area (Å²) < 4.78 is 11.6. The van der Waals surface area contributed by atoms with Gasteiger partial charge in [0.25, 0.3) is 0 Å². The average molecular weight is 438 g/mol. The van der Waals surface area contributed by atoms with Crippen LogP contribution in [0.3, 0.4) is 0 Å². The standard InChI is InChI=1S/C25H31N3O4/c1-17-5-7-21-19(15-17)23(26-20-16-18(31-4)6-8-22(20)32-21)28-13-11-27(12-14-28)10-9-25(2,3)24(29)30/h5-8,15-16H,9-14H2,1-4H3,(H,29,30). The van der Waals surface area contributed by atoms with Gasteiger partial charge >= 0.3 is 5.97 Å². The highest BCUT2D eigenvalue weighted by atomic mass is 16.5. The number of aliphatic imine (C=N–C) groups is 1. The van der Waals surface area contributed by atoms with E-state index in [1.165, 1.54) is 0 Å². The van der Waals surface area contributed by atoms with Crippen LogP contribution in [0.15, 0.2) is 41.4 Å². The Morgan fingerprint density at radius 1 is 1.12 bits per heavy atom. The number of fused-ring (bicyclic) bond motifs is 2. The van der Waals surface area contributed by atoms with Gasteiger partial charge in [-0.3, -0.25) is 9.69 Å². The number of aryl methyl sites for hydroxylation is 1. The van der Waals surface area contributed by atoms with E-state index in [0.717, 1.165) is 66.9 Å². The number of methoxy groups -OCH3 is 1. The Bertz CT molecular complexity index is 1040. The van der Waals surface area contributed by atoms with Crippen molar-refractivity contribution in [3.63, 3.8) is 0 Å². The van der Waals surface area contributed by atoms with E-state index in [1.54, 1.807) is 21.0 Å². The normalized spacial score (nSPS) is 16.4. The number of hydrogen-bond acceptors (Lipinski definition) is 6. The van der Waals surface area contributed by atoms with Gasteiger partial charge in [0.2, 0.25) is 0 Å². The molecule has 1 saturated heterocycles. The molecule has 0 bridgehead atoms. The lowest BCUT2D eigenvalue weighted by atomic mass is 9.89. The first-order chi connectivity index (χ1) is 15.3. The van der Waals surface area contributed by atoms with Crippen molar-refractivity contribution in [2.45, 2.75) is 27.2 Å². The summed E-state index contributed by atoms with van der Waals surface area (Å²) in [5.74, 6) is 2.40.